The first-order valence-electron chi connectivity index (χ1n) is 7.62. The molecule has 2 heterocycles. The minimum Gasteiger partial charge on any atom is -0.397 e. The van der Waals surface area contributed by atoms with E-state index in [1.54, 1.807) is 13.0 Å². The lowest BCUT2D eigenvalue weighted by Gasteiger charge is -2.34. The van der Waals surface area contributed by atoms with Crippen molar-refractivity contribution < 1.29 is 13.2 Å². The molecule has 1 fully saturated rings. The summed E-state index contributed by atoms with van der Waals surface area (Å²) in [6.45, 7) is 1.78. The van der Waals surface area contributed by atoms with Crippen LogP contribution in [0.2, 0.25) is 0 Å². The standard InChI is InChI=1S/C17H18F3N3/c1-10-9-17(19,20)6-4-11(10)16-14(21)12(5-8-23-16)15-13(18)3-2-7-22-15/h2-3,5,7-8,10-11H,4,6,9,21H2,1H3/t10-,11+/m1/s1. The Balaban J connectivity index is 2.00. The van der Waals surface area contributed by atoms with E-state index in [9.17, 15) is 13.2 Å². The molecule has 0 bridgehead atoms. The van der Waals surface area contributed by atoms with Crippen LogP contribution in [0, 0.1) is 11.7 Å². The van der Waals surface area contributed by atoms with Gasteiger partial charge < -0.3 is 5.73 Å². The SMILES string of the molecule is C[C@@H]1CC(F)(F)CC[C@@H]1c1nccc(-c2ncccc2F)c1N. The molecule has 3 nitrogen and oxygen atoms in total. The van der Waals surface area contributed by atoms with Crippen LogP contribution in [0.1, 0.15) is 37.8 Å². The average Bonchev–Trinajstić information content (AvgIpc) is 2.48. The van der Waals surface area contributed by atoms with Crippen molar-refractivity contribution in [3.63, 3.8) is 0 Å². The smallest absolute Gasteiger partial charge is 0.248 e. The first kappa shape index (κ1) is 15.8. The number of halogens is 3. The second-order valence-corrected chi connectivity index (χ2v) is 6.17. The average molecular weight is 321 g/mol. The Hall–Kier alpha value is -2.11. The number of hydrogen-bond acceptors (Lipinski definition) is 3. The van der Waals surface area contributed by atoms with Crippen LogP contribution in [-0.4, -0.2) is 15.9 Å². The molecule has 1 aliphatic carbocycles. The Morgan fingerprint density at radius 3 is 2.70 bits per heavy atom. The van der Waals surface area contributed by atoms with Gasteiger partial charge in [0.1, 0.15) is 11.5 Å². The van der Waals surface area contributed by atoms with Gasteiger partial charge in [0.15, 0.2) is 0 Å². The minimum atomic E-state index is -2.63. The number of nitrogens with two attached hydrogens (primary N) is 1. The number of hydrogen-bond donors (Lipinski definition) is 1. The van der Waals surface area contributed by atoms with Crippen molar-refractivity contribution in [2.45, 2.75) is 38.0 Å². The van der Waals surface area contributed by atoms with Crippen LogP contribution >= 0.6 is 0 Å². The molecule has 23 heavy (non-hydrogen) atoms. The van der Waals surface area contributed by atoms with Gasteiger partial charge in [-0.05, 0) is 30.5 Å². The van der Waals surface area contributed by atoms with E-state index < -0.39 is 11.7 Å². The highest BCUT2D eigenvalue weighted by molar-refractivity contribution is 5.75. The summed E-state index contributed by atoms with van der Waals surface area (Å²) in [4.78, 5) is 8.33. The number of rotatable bonds is 2. The van der Waals surface area contributed by atoms with Crippen LogP contribution in [0.3, 0.4) is 0 Å². The maximum absolute atomic E-state index is 14.0. The van der Waals surface area contributed by atoms with E-state index in [0.29, 0.717) is 23.4 Å². The second-order valence-electron chi connectivity index (χ2n) is 6.17. The molecule has 2 aromatic heterocycles. The van der Waals surface area contributed by atoms with E-state index in [-0.39, 0.29) is 30.4 Å². The molecule has 0 unspecified atom stereocenters. The highest BCUT2D eigenvalue weighted by Crippen LogP contribution is 2.46. The summed E-state index contributed by atoms with van der Waals surface area (Å²) in [5.41, 5.74) is 7.69. The maximum atomic E-state index is 14.0. The molecule has 6 heteroatoms. The Morgan fingerprint density at radius 2 is 2.00 bits per heavy atom. The van der Waals surface area contributed by atoms with Crippen molar-refractivity contribution >= 4 is 5.69 Å². The van der Waals surface area contributed by atoms with Gasteiger partial charge in [-0.2, -0.15) is 0 Å². The summed E-state index contributed by atoms with van der Waals surface area (Å²) < 4.78 is 41.0. The first-order chi connectivity index (χ1) is 10.9. The molecule has 1 saturated carbocycles. The molecule has 1 aliphatic rings. The number of aromatic nitrogens is 2. The molecular formula is C17H18F3N3. The van der Waals surface area contributed by atoms with Gasteiger partial charge in [-0.1, -0.05) is 6.92 Å². The van der Waals surface area contributed by atoms with Crippen molar-refractivity contribution in [1.82, 2.24) is 9.97 Å². The third-order valence-corrected chi connectivity index (χ3v) is 4.51. The fourth-order valence-corrected chi connectivity index (χ4v) is 3.35. The molecular weight excluding hydrogens is 303 g/mol. The van der Waals surface area contributed by atoms with Crippen LogP contribution in [0.4, 0.5) is 18.9 Å². The van der Waals surface area contributed by atoms with Crippen molar-refractivity contribution in [1.29, 1.82) is 0 Å². The van der Waals surface area contributed by atoms with Gasteiger partial charge >= 0.3 is 0 Å². The van der Waals surface area contributed by atoms with Crippen molar-refractivity contribution in [2.24, 2.45) is 5.92 Å². The van der Waals surface area contributed by atoms with E-state index in [1.165, 1.54) is 24.5 Å². The number of alkyl halides is 2. The third-order valence-electron chi connectivity index (χ3n) is 4.51. The summed E-state index contributed by atoms with van der Waals surface area (Å²) in [5.74, 6) is -3.49. The van der Waals surface area contributed by atoms with Crippen LogP contribution in [-0.2, 0) is 0 Å². The molecule has 2 atom stereocenters. The maximum Gasteiger partial charge on any atom is 0.248 e. The van der Waals surface area contributed by atoms with Gasteiger partial charge in [-0.25, -0.2) is 13.2 Å². The van der Waals surface area contributed by atoms with Crippen LogP contribution in [0.15, 0.2) is 30.6 Å². The van der Waals surface area contributed by atoms with E-state index in [4.69, 9.17) is 5.73 Å². The molecule has 2 N–H and O–H groups in total. The summed E-state index contributed by atoms with van der Waals surface area (Å²) in [5, 5.41) is 0. The molecule has 0 aromatic carbocycles. The molecule has 122 valence electrons. The molecule has 0 amide bonds. The first-order valence-corrected chi connectivity index (χ1v) is 7.62. The molecule has 2 aromatic rings. The van der Waals surface area contributed by atoms with E-state index in [0.717, 1.165) is 0 Å². The van der Waals surface area contributed by atoms with Gasteiger partial charge in [0.05, 0.1) is 11.4 Å². The van der Waals surface area contributed by atoms with Gasteiger partial charge in [-0.3, -0.25) is 9.97 Å². The predicted molar refractivity (Wildman–Crippen MR) is 82.5 cm³/mol. The number of nitrogens with zero attached hydrogens (tertiary/aromatic N) is 2. The Bertz CT molecular complexity index is 718. The number of anilines is 1. The number of nitrogen functional groups attached to an aromatic ring is 1. The molecule has 0 radical (unpaired) electrons. The quantitative estimate of drug-likeness (QED) is 0.891. The zero-order valence-corrected chi connectivity index (χ0v) is 12.8. The van der Waals surface area contributed by atoms with E-state index in [2.05, 4.69) is 9.97 Å². The molecule has 0 saturated heterocycles. The summed E-state index contributed by atoms with van der Waals surface area (Å²) in [7, 11) is 0. The monoisotopic (exact) mass is 321 g/mol. The fraction of sp³-hybridized carbons (Fsp3) is 0.412. The second kappa shape index (κ2) is 5.83. The topological polar surface area (TPSA) is 51.8 Å². The Kier molecular flexibility index (Phi) is 4.00. The summed E-state index contributed by atoms with van der Waals surface area (Å²) in [6, 6.07) is 4.42. The normalized spacial score (nSPS) is 23.7. The predicted octanol–water partition coefficient (Wildman–Crippen LogP) is 4.40. The zero-order chi connectivity index (χ0) is 16.6. The lowest BCUT2D eigenvalue weighted by Crippen LogP contribution is -2.30. The summed E-state index contributed by atoms with van der Waals surface area (Å²) >= 11 is 0. The van der Waals surface area contributed by atoms with Crippen LogP contribution in [0.5, 0.6) is 0 Å². The Labute approximate surface area is 132 Å². The van der Waals surface area contributed by atoms with E-state index >= 15 is 0 Å². The van der Waals surface area contributed by atoms with Crippen molar-refractivity contribution in [2.75, 3.05) is 5.73 Å². The van der Waals surface area contributed by atoms with E-state index in [1.807, 2.05) is 0 Å². The van der Waals surface area contributed by atoms with Crippen molar-refractivity contribution in [3.8, 4) is 11.3 Å². The number of pyridine rings is 2. The van der Waals surface area contributed by atoms with Gasteiger partial charge in [0.2, 0.25) is 5.92 Å². The highest BCUT2D eigenvalue weighted by Gasteiger charge is 2.41. The highest BCUT2D eigenvalue weighted by atomic mass is 19.3. The lowest BCUT2D eigenvalue weighted by atomic mass is 9.76. The largest absolute Gasteiger partial charge is 0.397 e. The van der Waals surface area contributed by atoms with Gasteiger partial charge in [0.25, 0.3) is 0 Å². The fourth-order valence-electron chi connectivity index (χ4n) is 3.35. The minimum absolute atomic E-state index is 0.152. The molecule has 3 rings (SSSR count). The molecule has 0 aliphatic heterocycles. The van der Waals surface area contributed by atoms with Gasteiger partial charge in [0, 0.05) is 36.7 Å². The van der Waals surface area contributed by atoms with Gasteiger partial charge in [-0.15, -0.1) is 0 Å². The third kappa shape index (κ3) is 3.02. The summed E-state index contributed by atoms with van der Waals surface area (Å²) in [6.07, 6.45) is 2.99. The van der Waals surface area contributed by atoms with Crippen LogP contribution < -0.4 is 5.73 Å². The lowest BCUT2D eigenvalue weighted by molar-refractivity contribution is -0.0558. The molecule has 0 spiro atoms. The van der Waals surface area contributed by atoms with Crippen molar-refractivity contribution in [3.05, 3.63) is 42.1 Å². The van der Waals surface area contributed by atoms with Crippen LogP contribution in [0.25, 0.3) is 11.3 Å². The zero-order valence-electron chi connectivity index (χ0n) is 12.8. The Morgan fingerprint density at radius 1 is 1.22 bits per heavy atom.